The number of rotatable bonds is 3. The van der Waals surface area contributed by atoms with E-state index in [9.17, 15) is 4.79 Å². The molecule has 0 aliphatic rings. The Balaban J connectivity index is 0. The Hall–Kier alpha value is -0.480. The molecule has 0 aromatic carbocycles. The maximum Gasteiger partial charge on any atom is 0.409 e. The van der Waals surface area contributed by atoms with E-state index in [0.717, 1.165) is 0 Å². The summed E-state index contributed by atoms with van der Waals surface area (Å²) < 4.78 is 4.71. The summed E-state index contributed by atoms with van der Waals surface area (Å²) in [4.78, 5) is 12.3. The van der Waals surface area contributed by atoms with Gasteiger partial charge in [-0.25, -0.2) is 4.79 Å². The lowest BCUT2D eigenvalue weighted by molar-refractivity contribution is 0.115. The summed E-state index contributed by atoms with van der Waals surface area (Å²) in [6.45, 7) is 3.21. The second-order valence-corrected chi connectivity index (χ2v) is 1.92. The summed E-state index contributed by atoms with van der Waals surface area (Å²) in [5, 5.41) is 0. The molecule has 0 unspecified atom stereocenters. The minimum atomic E-state index is -0.312. The largest absolute Gasteiger partial charge is 0.448 e. The molecular weight excluding hydrogens is 168 g/mol. The molecular formula is C6H15ClN2O2. The van der Waals surface area contributed by atoms with E-state index in [4.69, 9.17) is 10.5 Å². The van der Waals surface area contributed by atoms with Gasteiger partial charge in [0.1, 0.15) is 6.61 Å². The van der Waals surface area contributed by atoms with Crippen molar-refractivity contribution in [3.05, 3.63) is 0 Å². The average Bonchev–Trinajstić information content (AvgIpc) is 1.98. The zero-order valence-electron chi connectivity index (χ0n) is 6.87. The number of hydrogen-bond acceptors (Lipinski definition) is 3. The van der Waals surface area contributed by atoms with Crippen molar-refractivity contribution in [1.82, 2.24) is 4.90 Å². The third-order valence-electron chi connectivity index (χ3n) is 1.13. The quantitative estimate of drug-likeness (QED) is 0.690. The number of hydrogen-bond donors (Lipinski definition) is 1. The molecule has 0 fully saturated rings. The van der Waals surface area contributed by atoms with Crippen molar-refractivity contribution < 1.29 is 9.53 Å². The highest BCUT2D eigenvalue weighted by Crippen LogP contribution is 1.87. The van der Waals surface area contributed by atoms with Crippen LogP contribution in [-0.2, 0) is 4.74 Å². The second-order valence-electron chi connectivity index (χ2n) is 1.92. The fourth-order valence-corrected chi connectivity index (χ4v) is 0.386. The van der Waals surface area contributed by atoms with Crippen molar-refractivity contribution >= 4 is 18.5 Å². The van der Waals surface area contributed by atoms with Gasteiger partial charge in [-0.1, -0.05) is 0 Å². The molecule has 0 spiro atoms. The first-order valence-corrected chi connectivity index (χ1v) is 3.30. The molecule has 0 aliphatic heterocycles. The third-order valence-corrected chi connectivity index (χ3v) is 1.13. The molecule has 68 valence electrons. The van der Waals surface area contributed by atoms with E-state index in [1.54, 1.807) is 7.05 Å². The third kappa shape index (κ3) is 5.94. The summed E-state index contributed by atoms with van der Waals surface area (Å²) in [6.07, 6.45) is -0.312. The molecule has 2 N–H and O–H groups in total. The fourth-order valence-electron chi connectivity index (χ4n) is 0.386. The molecule has 0 saturated carbocycles. The summed E-state index contributed by atoms with van der Waals surface area (Å²) in [5.41, 5.74) is 5.12. The zero-order valence-corrected chi connectivity index (χ0v) is 7.69. The molecule has 11 heavy (non-hydrogen) atoms. The summed E-state index contributed by atoms with van der Waals surface area (Å²) in [7, 11) is 1.68. The minimum absolute atomic E-state index is 0. The number of carbonyl (C=O) groups excluding carboxylic acids is 1. The standard InChI is InChI=1S/C6H14N2O2.ClH/c1-3-8(2)6(9)10-5-4-7;/h3-5,7H2,1-2H3;1H. The number of nitrogens with zero attached hydrogens (tertiary/aromatic N) is 1. The zero-order chi connectivity index (χ0) is 7.98. The number of amides is 1. The van der Waals surface area contributed by atoms with E-state index < -0.39 is 0 Å². The van der Waals surface area contributed by atoms with Crippen LogP contribution < -0.4 is 5.73 Å². The average molecular weight is 183 g/mol. The molecule has 0 aromatic heterocycles. The van der Waals surface area contributed by atoms with Crippen LogP contribution in [0.4, 0.5) is 4.79 Å². The molecule has 0 radical (unpaired) electrons. The molecule has 0 aromatic rings. The van der Waals surface area contributed by atoms with Gasteiger partial charge in [-0.15, -0.1) is 12.4 Å². The molecule has 5 heteroatoms. The van der Waals surface area contributed by atoms with Crippen LogP contribution in [0.1, 0.15) is 6.92 Å². The highest BCUT2D eigenvalue weighted by atomic mass is 35.5. The van der Waals surface area contributed by atoms with Crippen LogP contribution in [0.25, 0.3) is 0 Å². The van der Waals surface area contributed by atoms with Crippen molar-refractivity contribution in [2.45, 2.75) is 6.92 Å². The number of nitrogens with two attached hydrogens (primary N) is 1. The summed E-state index contributed by atoms with van der Waals surface area (Å²) in [5.74, 6) is 0. The van der Waals surface area contributed by atoms with Gasteiger partial charge in [0.05, 0.1) is 0 Å². The Morgan fingerprint density at radius 1 is 1.64 bits per heavy atom. The molecule has 0 rings (SSSR count). The van der Waals surface area contributed by atoms with Gasteiger partial charge in [0.25, 0.3) is 0 Å². The fraction of sp³-hybridized carbons (Fsp3) is 0.833. The topological polar surface area (TPSA) is 55.6 Å². The molecule has 0 saturated heterocycles. The van der Waals surface area contributed by atoms with Crippen LogP contribution in [0, 0.1) is 0 Å². The molecule has 0 heterocycles. The number of ether oxygens (including phenoxy) is 1. The van der Waals surface area contributed by atoms with Gasteiger partial charge >= 0.3 is 6.09 Å². The Labute approximate surface area is 73.1 Å². The van der Waals surface area contributed by atoms with Crippen molar-refractivity contribution in [3.8, 4) is 0 Å². The number of carbonyl (C=O) groups is 1. The molecule has 4 nitrogen and oxygen atoms in total. The predicted molar refractivity (Wildman–Crippen MR) is 46.0 cm³/mol. The van der Waals surface area contributed by atoms with Crippen LogP contribution in [0.5, 0.6) is 0 Å². The Morgan fingerprint density at radius 2 is 2.18 bits per heavy atom. The Morgan fingerprint density at radius 3 is 2.55 bits per heavy atom. The minimum Gasteiger partial charge on any atom is -0.448 e. The molecule has 0 atom stereocenters. The van der Waals surface area contributed by atoms with Crippen LogP contribution in [-0.4, -0.2) is 37.7 Å². The van der Waals surface area contributed by atoms with E-state index in [0.29, 0.717) is 19.7 Å². The van der Waals surface area contributed by atoms with Crippen molar-refractivity contribution in [1.29, 1.82) is 0 Å². The highest BCUT2D eigenvalue weighted by molar-refractivity contribution is 5.85. The van der Waals surface area contributed by atoms with Crippen molar-refractivity contribution in [2.75, 3.05) is 26.7 Å². The summed E-state index contributed by atoms with van der Waals surface area (Å²) >= 11 is 0. The first kappa shape index (κ1) is 13.1. The highest BCUT2D eigenvalue weighted by Gasteiger charge is 2.04. The van der Waals surface area contributed by atoms with E-state index in [1.165, 1.54) is 4.90 Å². The lowest BCUT2D eigenvalue weighted by atomic mass is 10.6. The lowest BCUT2D eigenvalue weighted by Crippen LogP contribution is -2.28. The van der Waals surface area contributed by atoms with Crippen molar-refractivity contribution in [3.63, 3.8) is 0 Å². The van der Waals surface area contributed by atoms with E-state index >= 15 is 0 Å². The van der Waals surface area contributed by atoms with Gasteiger partial charge in [0, 0.05) is 20.1 Å². The molecule has 1 amide bonds. The van der Waals surface area contributed by atoms with Gasteiger partial charge < -0.3 is 15.4 Å². The predicted octanol–water partition coefficient (Wildman–Crippen LogP) is 0.455. The second kappa shape index (κ2) is 7.63. The molecule has 0 bridgehead atoms. The van der Waals surface area contributed by atoms with Gasteiger partial charge in [-0.3, -0.25) is 0 Å². The van der Waals surface area contributed by atoms with Crippen LogP contribution in [0.2, 0.25) is 0 Å². The summed E-state index contributed by atoms with van der Waals surface area (Å²) in [6, 6.07) is 0. The van der Waals surface area contributed by atoms with Crippen molar-refractivity contribution in [2.24, 2.45) is 5.73 Å². The first-order chi connectivity index (χ1) is 4.72. The van der Waals surface area contributed by atoms with E-state index in [-0.39, 0.29) is 18.5 Å². The van der Waals surface area contributed by atoms with E-state index in [1.807, 2.05) is 6.92 Å². The smallest absolute Gasteiger partial charge is 0.409 e. The number of halogens is 1. The SMILES string of the molecule is CCN(C)C(=O)OCCN.Cl. The normalized spacial score (nSPS) is 8.27. The van der Waals surface area contributed by atoms with Crippen LogP contribution in [0.3, 0.4) is 0 Å². The first-order valence-electron chi connectivity index (χ1n) is 3.30. The lowest BCUT2D eigenvalue weighted by Gasteiger charge is -2.13. The monoisotopic (exact) mass is 182 g/mol. The Bertz CT molecular complexity index is 111. The van der Waals surface area contributed by atoms with Gasteiger partial charge in [0.2, 0.25) is 0 Å². The van der Waals surface area contributed by atoms with Gasteiger partial charge in [0.15, 0.2) is 0 Å². The Kier molecular flexibility index (Phi) is 9.10. The maximum atomic E-state index is 10.8. The van der Waals surface area contributed by atoms with Crippen LogP contribution >= 0.6 is 12.4 Å². The van der Waals surface area contributed by atoms with Gasteiger partial charge in [-0.2, -0.15) is 0 Å². The van der Waals surface area contributed by atoms with Gasteiger partial charge in [-0.05, 0) is 6.92 Å². The van der Waals surface area contributed by atoms with E-state index in [2.05, 4.69) is 0 Å². The molecule has 0 aliphatic carbocycles. The maximum absolute atomic E-state index is 10.8. The van der Waals surface area contributed by atoms with Crippen LogP contribution in [0.15, 0.2) is 0 Å².